The Bertz CT molecular complexity index is 473. The van der Waals surface area contributed by atoms with E-state index in [0.717, 1.165) is 4.88 Å². The van der Waals surface area contributed by atoms with E-state index in [2.05, 4.69) is 38.1 Å². The third kappa shape index (κ3) is 2.71. The lowest BCUT2D eigenvalue weighted by Gasteiger charge is -2.08. The number of aryl methyl sites for hydroxylation is 2. The van der Waals surface area contributed by atoms with Crippen molar-refractivity contribution in [2.24, 2.45) is 0 Å². The second-order valence-corrected chi connectivity index (χ2v) is 5.48. The summed E-state index contributed by atoms with van der Waals surface area (Å²) in [5.74, 6) is 0. The van der Waals surface area contributed by atoms with Crippen LogP contribution in [0.25, 0.3) is 0 Å². The lowest BCUT2D eigenvalue weighted by molar-refractivity contribution is 0.182. The number of thiophene rings is 1. The quantitative estimate of drug-likeness (QED) is 0.856. The van der Waals surface area contributed by atoms with E-state index in [0.29, 0.717) is 6.42 Å². The molecule has 84 valence electrons. The topological polar surface area (TPSA) is 20.2 Å². The molecule has 0 amide bonds. The van der Waals surface area contributed by atoms with Crippen LogP contribution in [0.3, 0.4) is 0 Å². The first kappa shape index (κ1) is 11.4. The van der Waals surface area contributed by atoms with Gasteiger partial charge in [-0.15, -0.1) is 11.3 Å². The Morgan fingerprint density at radius 2 is 2.00 bits per heavy atom. The van der Waals surface area contributed by atoms with E-state index in [-0.39, 0.29) is 6.10 Å². The number of hydrogen-bond donors (Lipinski definition) is 1. The number of rotatable bonds is 3. The minimum atomic E-state index is -0.375. The molecule has 0 spiro atoms. The van der Waals surface area contributed by atoms with Gasteiger partial charge < -0.3 is 5.11 Å². The lowest BCUT2D eigenvalue weighted by atomic mass is 10.0. The first-order valence-corrected chi connectivity index (χ1v) is 6.27. The molecule has 1 heterocycles. The van der Waals surface area contributed by atoms with Crippen molar-refractivity contribution < 1.29 is 5.11 Å². The van der Waals surface area contributed by atoms with Crippen LogP contribution in [0.2, 0.25) is 0 Å². The summed E-state index contributed by atoms with van der Waals surface area (Å²) >= 11 is 1.67. The van der Waals surface area contributed by atoms with Gasteiger partial charge in [-0.25, -0.2) is 0 Å². The Kier molecular flexibility index (Phi) is 3.42. The molecule has 2 rings (SSSR count). The van der Waals surface area contributed by atoms with E-state index in [1.165, 1.54) is 16.0 Å². The Balaban J connectivity index is 2.10. The average molecular weight is 232 g/mol. The number of benzene rings is 1. The van der Waals surface area contributed by atoms with Crippen molar-refractivity contribution in [1.29, 1.82) is 0 Å². The zero-order chi connectivity index (χ0) is 11.5. The molecular formula is C14H16OS. The van der Waals surface area contributed by atoms with Gasteiger partial charge in [0.2, 0.25) is 0 Å². The molecule has 0 saturated heterocycles. The van der Waals surface area contributed by atoms with Gasteiger partial charge in [0.05, 0.1) is 6.10 Å². The van der Waals surface area contributed by atoms with Gasteiger partial charge in [0, 0.05) is 16.2 Å². The monoisotopic (exact) mass is 232 g/mol. The van der Waals surface area contributed by atoms with E-state index >= 15 is 0 Å². The normalized spacial score (nSPS) is 12.7. The Morgan fingerprint density at radius 1 is 1.19 bits per heavy atom. The number of aliphatic hydroxyl groups excluding tert-OH is 1. The third-order valence-corrected chi connectivity index (χ3v) is 3.70. The molecule has 1 aromatic carbocycles. The van der Waals surface area contributed by atoms with Crippen LogP contribution in [-0.2, 0) is 6.42 Å². The molecule has 1 atom stereocenters. The average Bonchev–Trinajstić information content (AvgIpc) is 2.65. The molecule has 0 aliphatic rings. The van der Waals surface area contributed by atoms with Crippen LogP contribution in [0.15, 0.2) is 36.4 Å². The van der Waals surface area contributed by atoms with Crippen LogP contribution in [-0.4, -0.2) is 5.11 Å². The molecular weight excluding hydrogens is 216 g/mol. The summed E-state index contributed by atoms with van der Waals surface area (Å²) in [5, 5.41) is 10.1. The SMILES string of the molecule is Cc1cccc(CC(O)c2ccc(C)s2)c1. The van der Waals surface area contributed by atoms with Crippen molar-refractivity contribution in [3.05, 3.63) is 57.3 Å². The molecule has 0 radical (unpaired) electrons. The summed E-state index contributed by atoms with van der Waals surface area (Å²) in [7, 11) is 0. The fraction of sp³-hybridized carbons (Fsp3) is 0.286. The highest BCUT2D eigenvalue weighted by Gasteiger charge is 2.10. The first-order chi connectivity index (χ1) is 7.65. The first-order valence-electron chi connectivity index (χ1n) is 5.45. The second-order valence-electron chi connectivity index (χ2n) is 4.16. The van der Waals surface area contributed by atoms with Crippen molar-refractivity contribution >= 4 is 11.3 Å². The summed E-state index contributed by atoms with van der Waals surface area (Å²) < 4.78 is 0. The molecule has 1 nitrogen and oxygen atoms in total. The lowest BCUT2D eigenvalue weighted by Crippen LogP contribution is -1.99. The van der Waals surface area contributed by atoms with E-state index in [1.807, 2.05) is 12.1 Å². The van der Waals surface area contributed by atoms with Gasteiger partial charge in [0.25, 0.3) is 0 Å². The van der Waals surface area contributed by atoms with E-state index in [9.17, 15) is 5.11 Å². The highest BCUT2D eigenvalue weighted by Crippen LogP contribution is 2.25. The van der Waals surface area contributed by atoms with Crippen LogP contribution < -0.4 is 0 Å². The Morgan fingerprint density at radius 3 is 2.62 bits per heavy atom. The van der Waals surface area contributed by atoms with Gasteiger partial charge in [-0.2, -0.15) is 0 Å². The highest BCUT2D eigenvalue weighted by atomic mass is 32.1. The van der Waals surface area contributed by atoms with Crippen molar-refractivity contribution in [2.75, 3.05) is 0 Å². The maximum Gasteiger partial charge on any atom is 0.0922 e. The maximum absolute atomic E-state index is 10.1. The van der Waals surface area contributed by atoms with Gasteiger partial charge in [0.15, 0.2) is 0 Å². The molecule has 1 aromatic heterocycles. The van der Waals surface area contributed by atoms with Gasteiger partial charge in [0.1, 0.15) is 0 Å². The van der Waals surface area contributed by atoms with E-state index in [1.54, 1.807) is 11.3 Å². The van der Waals surface area contributed by atoms with Crippen LogP contribution in [0.5, 0.6) is 0 Å². The Hall–Kier alpha value is -1.12. The Labute approximate surface area is 100 Å². The van der Waals surface area contributed by atoms with Crippen LogP contribution >= 0.6 is 11.3 Å². The molecule has 0 aliphatic heterocycles. The molecule has 16 heavy (non-hydrogen) atoms. The van der Waals surface area contributed by atoms with Crippen molar-refractivity contribution in [1.82, 2.24) is 0 Å². The largest absolute Gasteiger partial charge is 0.387 e. The summed E-state index contributed by atoms with van der Waals surface area (Å²) in [5.41, 5.74) is 2.44. The molecule has 2 aromatic rings. The predicted molar refractivity (Wildman–Crippen MR) is 68.9 cm³/mol. The summed E-state index contributed by atoms with van der Waals surface area (Å²) in [6, 6.07) is 12.4. The summed E-state index contributed by atoms with van der Waals surface area (Å²) in [6.07, 6.45) is 0.322. The van der Waals surface area contributed by atoms with Crippen LogP contribution in [0.4, 0.5) is 0 Å². The predicted octanol–water partition coefficient (Wildman–Crippen LogP) is 3.64. The molecule has 0 saturated carbocycles. The molecule has 0 fully saturated rings. The molecule has 2 heteroatoms. The zero-order valence-electron chi connectivity index (χ0n) is 9.60. The number of aliphatic hydroxyl groups is 1. The van der Waals surface area contributed by atoms with Gasteiger partial charge in [-0.1, -0.05) is 29.8 Å². The molecule has 0 aliphatic carbocycles. The standard InChI is InChI=1S/C14H16OS/c1-10-4-3-5-12(8-10)9-13(15)14-7-6-11(2)16-14/h3-8,13,15H,9H2,1-2H3. The minimum absolute atomic E-state index is 0.375. The van der Waals surface area contributed by atoms with Crippen molar-refractivity contribution in [3.8, 4) is 0 Å². The summed E-state index contributed by atoms with van der Waals surface area (Å²) in [6.45, 7) is 4.14. The van der Waals surface area contributed by atoms with Crippen LogP contribution in [0.1, 0.15) is 27.0 Å². The van der Waals surface area contributed by atoms with E-state index in [4.69, 9.17) is 0 Å². The highest BCUT2D eigenvalue weighted by molar-refractivity contribution is 7.12. The van der Waals surface area contributed by atoms with Gasteiger partial charge in [-0.3, -0.25) is 0 Å². The molecule has 1 unspecified atom stereocenters. The minimum Gasteiger partial charge on any atom is -0.387 e. The smallest absolute Gasteiger partial charge is 0.0922 e. The van der Waals surface area contributed by atoms with E-state index < -0.39 is 0 Å². The van der Waals surface area contributed by atoms with Gasteiger partial charge >= 0.3 is 0 Å². The fourth-order valence-corrected chi connectivity index (χ4v) is 2.66. The fourth-order valence-electron chi connectivity index (χ4n) is 1.80. The van der Waals surface area contributed by atoms with Crippen LogP contribution in [0, 0.1) is 13.8 Å². The zero-order valence-corrected chi connectivity index (χ0v) is 10.4. The van der Waals surface area contributed by atoms with Gasteiger partial charge in [-0.05, 0) is 31.5 Å². The second kappa shape index (κ2) is 4.81. The third-order valence-electron chi connectivity index (χ3n) is 2.60. The maximum atomic E-state index is 10.1. The summed E-state index contributed by atoms with van der Waals surface area (Å²) in [4.78, 5) is 2.30. The molecule has 1 N–H and O–H groups in total. The number of hydrogen-bond acceptors (Lipinski definition) is 2. The van der Waals surface area contributed by atoms with Crippen molar-refractivity contribution in [2.45, 2.75) is 26.4 Å². The van der Waals surface area contributed by atoms with Crippen molar-refractivity contribution in [3.63, 3.8) is 0 Å². The molecule has 0 bridgehead atoms.